The fourth-order valence-electron chi connectivity index (χ4n) is 1.66. The first kappa shape index (κ1) is 11.7. The molecule has 1 aliphatic carbocycles. The second kappa shape index (κ2) is 4.93. The molecule has 1 aromatic heterocycles. The van der Waals surface area contributed by atoms with Crippen molar-refractivity contribution in [2.45, 2.75) is 46.5 Å². The van der Waals surface area contributed by atoms with Crippen molar-refractivity contribution in [1.29, 1.82) is 5.26 Å². The highest BCUT2D eigenvalue weighted by Gasteiger charge is 2.28. The molecule has 0 amide bonds. The molecule has 0 atom stereocenters. The summed E-state index contributed by atoms with van der Waals surface area (Å²) in [5.74, 6) is 0.563. The van der Waals surface area contributed by atoms with Crippen LogP contribution in [-0.2, 0) is 0 Å². The zero-order valence-electron chi connectivity index (χ0n) is 9.96. The van der Waals surface area contributed by atoms with E-state index in [2.05, 4.69) is 11.1 Å². The molecule has 1 aliphatic rings. The molecule has 1 heterocycles. The van der Waals surface area contributed by atoms with E-state index < -0.39 is 0 Å². The summed E-state index contributed by atoms with van der Waals surface area (Å²) in [4.78, 5) is 4.44. The predicted octanol–water partition coefficient (Wildman–Crippen LogP) is 3.47. The number of pyridine rings is 1. The Morgan fingerprint density at radius 2 is 1.93 bits per heavy atom. The second-order valence-corrected chi connectivity index (χ2v) is 3.73. The predicted molar refractivity (Wildman–Crippen MR) is 61.7 cm³/mol. The van der Waals surface area contributed by atoms with Crippen LogP contribution in [0.25, 0.3) is 0 Å². The summed E-state index contributed by atoms with van der Waals surface area (Å²) < 4.78 is 0. The lowest BCUT2D eigenvalue weighted by molar-refractivity contribution is 0.974. The van der Waals surface area contributed by atoms with E-state index in [0.29, 0.717) is 5.92 Å². The second-order valence-electron chi connectivity index (χ2n) is 3.73. The molecule has 0 aromatic carbocycles. The number of aryl methyl sites for hydroxylation is 2. The molecule has 0 spiro atoms. The molecule has 0 N–H and O–H groups in total. The molecule has 0 bridgehead atoms. The lowest BCUT2D eigenvalue weighted by atomic mass is 10.0. The Hall–Kier alpha value is -1.36. The van der Waals surface area contributed by atoms with Crippen molar-refractivity contribution >= 4 is 0 Å². The number of nitrogens with zero attached hydrogens (tertiary/aromatic N) is 2. The zero-order chi connectivity index (χ0) is 11.4. The maximum Gasteiger partial charge on any atom is 0.101 e. The molecule has 0 unspecified atom stereocenters. The van der Waals surface area contributed by atoms with Gasteiger partial charge in [0.2, 0.25) is 0 Å². The molecule has 80 valence electrons. The maximum absolute atomic E-state index is 8.98. The van der Waals surface area contributed by atoms with Crippen LogP contribution in [0.1, 0.15) is 55.1 Å². The van der Waals surface area contributed by atoms with Crippen LogP contribution in [-0.4, -0.2) is 4.98 Å². The van der Waals surface area contributed by atoms with Gasteiger partial charge in [0, 0.05) is 11.6 Å². The number of hydrogen-bond donors (Lipinski definition) is 0. The quantitative estimate of drug-likeness (QED) is 0.699. The number of rotatable bonds is 1. The number of aromatic nitrogens is 1. The summed E-state index contributed by atoms with van der Waals surface area (Å²) in [6.07, 6.45) is 2.40. The van der Waals surface area contributed by atoms with E-state index in [9.17, 15) is 0 Å². The number of hydrogen-bond acceptors (Lipinski definition) is 2. The van der Waals surface area contributed by atoms with Crippen molar-refractivity contribution in [2.24, 2.45) is 0 Å². The van der Waals surface area contributed by atoms with Gasteiger partial charge in [0.15, 0.2) is 0 Å². The third-order valence-corrected chi connectivity index (χ3v) is 2.45. The van der Waals surface area contributed by atoms with Crippen LogP contribution in [0.3, 0.4) is 0 Å². The smallest absolute Gasteiger partial charge is 0.101 e. The Kier molecular flexibility index (Phi) is 3.85. The van der Waals surface area contributed by atoms with Gasteiger partial charge in [0.25, 0.3) is 0 Å². The average molecular weight is 202 g/mol. The Morgan fingerprint density at radius 3 is 2.40 bits per heavy atom. The van der Waals surface area contributed by atoms with Crippen molar-refractivity contribution in [1.82, 2.24) is 4.98 Å². The molecule has 2 nitrogen and oxygen atoms in total. The summed E-state index contributed by atoms with van der Waals surface area (Å²) in [5, 5.41) is 8.98. The molecule has 15 heavy (non-hydrogen) atoms. The highest BCUT2D eigenvalue weighted by Crippen LogP contribution is 2.41. The topological polar surface area (TPSA) is 36.7 Å². The molecule has 2 heteroatoms. The van der Waals surface area contributed by atoms with E-state index in [-0.39, 0.29) is 0 Å². The Bertz CT molecular complexity index is 384. The van der Waals surface area contributed by atoms with Crippen LogP contribution in [0.4, 0.5) is 0 Å². The first-order valence-corrected chi connectivity index (χ1v) is 5.60. The standard InChI is InChI=1S/C11H12N2.C2H6/c1-7-5-8(2)13-11(9-3-4-9)10(7)6-12;1-2/h5,9H,3-4H2,1-2H3;1-2H3. The molecular weight excluding hydrogens is 184 g/mol. The van der Waals surface area contributed by atoms with Crippen molar-refractivity contribution < 1.29 is 0 Å². The van der Waals surface area contributed by atoms with Gasteiger partial charge < -0.3 is 0 Å². The Balaban J connectivity index is 0.000000531. The van der Waals surface area contributed by atoms with Crippen molar-refractivity contribution in [3.05, 3.63) is 28.6 Å². The van der Waals surface area contributed by atoms with Gasteiger partial charge in [-0.15, -0.1) is 0 Å². The van der Waals surface area contributed by atoms with Gasteiger partial charge in [-0.1, -0.05) is 13.8 Å². The van der Waals surface area contributed by atoms with E-state index in [1.807, 2.05) is 33.8 Å². The van der Waals surface area contributed by atoms with Crippen LogP contribution in [0.2, 0.25) is 0 Å². The highest BCUT2D eigenvalue weighted by molar-refractivity contribution is 5.44. The fraction of sp³-hybridized carbons (Fsp3) is 0.538. The fourth-order valence-corrected chi connectivity index (χ4v) is 1.66. The Labute approximate surface area is 92.0 Å². The van der Waals surface area contributed by atoms with E-state index in [0.717, 1.165) is 22.5 Å². The maximum atomic E-state index is 8.98. The SMILES string of the molecule is CC.Cc1cc(C)c(C#N)c(C2CC2)n1. The van der Waals surface area contributed by atoms with E-state index in [1.165, 1.54) is 12.8 Å². The van der Waals surface area contributed by atoms with Gasteiger partial charge in [0.1, 0.15) is 6.07 Å². The molecule has 2 rings (SSSR count). The van der Waals surface area contributed by atoms with Crippen LogP contribution in [0.15, 0.2) is 6.07 Å². The molecule has 1 fully saturated rings. The van der Waals surface area contributed by atoms with Gasteiger partial charge >= 0.3 is 0 Å². The van der Waals surface area contributed by atoms with Gasteiger partial charge in [0.05, 0.1) is 11.3 Å². The van der Waals surface area contributed by atoms with Crippen LogP contribution in [0.5, 0.6) is 0 Å². The first-order chi connectivity index (χ1) is 7.22. The summed E-state index contributed by atoms with van der Waals surface area (Å²) in [7, 11) is 0. The minimum absolute atomic E-state index is 0.563. The molecule has 0 aliphatic heterocycles. The summed E-state index contributed by atoms with van der Waals surface area (Å²) in [6, 6.07) is 4.23. The molecular formula is C13H18N2. The molecule has 1 aromatic rings. The minimum Gasteiger partial charge on any atom is -0.256 e. The lowest BCUT2D eigenvalue weighted by Gasteiger charge is -2.05. The third-order valence-electron chi connectivity index (χ3n) is 2.45. The van der Waals surface area contributed by atoms with Crippen molar-refractivity contribution in [2.75, 3.05) is 0 Å². The first-order valence-electron chi connectivity index (χ1n) is 5.60. The monoisotopic (exact) mass is 202 g/mol. The van der Waals surface area contributed by atoms with Crippen LogP contribution < -0.4 is 0 Å². The van der Waals surface area contributed by atoms with Gasteiger partial charge in [-0.05, 0) is 38.3 Å². The number of nitriles is 1. The van der Waals surface area contributed by atoms with Crippen molar-refractivity contribution in [3.8, 4) is 6.07 Å². The minimum atomic E-state index is 0.563. The summed E-state index contributed by atoms with van der Waals surface area (Å²) in [6.45, 7) is 7.97. The third kappa shape index (κ3) is 2.56. The van der Waals surface area contributed by atoms with Crippen molar-refractivity contribution in [3.63, 3.8) is 0 Å². The van der Waals surface area contributed by atoms with E-state index in [1.54, 1.807) is 0 Å². The zero-order valence-corrected chi connectivity index (χ0v) is 9.96. The molecule has 0 saturated heterocycles. The average Bonchev–Trinajstić information content (AvgIpc) is 3.03. The summed E-state index contributed by atoms with van der Waals surface area (Å²) in [5.41, 5.74) is 3.92. The van der Waals surface area contributed by atoms with Crippen LogP contribution in [0, 0.1) is 25.2 Å². The summed E-state index contributed by atoms with van der Waals surface area (Å²) >= 11 is 0. The highest BCUT2D eigenvalue weighted by atomic mass is 14.7. The van der Waals surface area contributed by atoms with E-state index >= 15 is 0 Å². The normalized spacial score (nSPS) is 13.8. The Morgan fingerprint density at radius 1 is 1.33 bits per heavy atom. The van der Waals surface area contributed by atoms with Gasteiger partial charge in [-0.2, -0.15) is 5.26 Å². The van der Waals surface area contributed by atoms with Gasteiger partial charge in [-0.25, -0.2) is 0 Å². The van der Waals surface area contributed by atoms with E-state index in [4.69, 9.17) is 5.26 Å². The van der Waals surface area contributed by atoms with Crippen LogP contribution >= 0.6 is 0 Å². The lowest BCUT2D eigenvalue weighted by Crippen LogP contribution is -1.97. The molecule has 1 saturated carbocycles. The largest absolute Gasteiger partial charge is 0.256 e. The van der Waals surface area contributed by atoms with Gasteiger partial charge in [-0.3, -0.25) is 4.98 Å². The molecule has 0 radical (unpaired) electrons.